The maximum atomic E-state index is 12.2. The molecule has 0 aliphatic carbocycles. The number of aryl methyl sites for hydroxylation is 1. The number of nitrogens with zero attached hydrogens (tertiary/aromatic N) is 2. The second-order valence-corrected chi connectivity index (χ2v) is 5.57. The zero-order valence-electron chi connectivity index (χ0n) is 11.0. The van der Waals surface area contributed by atoms with Gasteiger partial charge in [0.15, 0.2) is 0 Å². The van der Waals surface area contributed by atoms with E-state index < -0.39 is 10.8 Å². The number of hydrogen-bond donors (Lipinski definition) is 1. The van der Waals surface area contributed by atoms with E-state index in [9.17, 15) is 4.21 Å². The molecule has 0 bridgehead atoms. The monoisotopic (exact) mass is 279 g/mol. The molecule has 2 rings (SSSR count). The zero-order chi connectivity index (χ0) is 13.7. The third-order valence-corrected chi connectivity index (χ3v) is 3.99. The summed E-state index contributed by atoms with van der Waals surface area (Å²) >= 11 is 0. The van der Waals surface area contributed by atoms with Gasteiger partial charge in [-0.25, -0.2) is 4.98 Å². The second-order valence-electron chi connectivity index (χ2n) is 4.12. The van der Waals surface area contributed by atoms with Crippen molar-refractivity contribution in [2.24, 2.45) is 0 Å². The first-order valence-electron chi connectivity index (χ1n) is 6.09. The molecule has 0 spiro atoms. The molecular weight excluding hydrogens is 262 g/mol. The van der Waals surface area contributed by atoms with Gasteiger partial charge in [-0.2, -0.15) is 5.10 Å². The zero-order valence-corrected chi connectivity index (χ0v) is 11.9. The SMILES string of the molecule is CCc1n[nH]c(C[S@@](=O)c2ccc(COC)cc2)n1. The summed E-state index contributed by atoms with van der Waals surface area (Å²) in [7, 11) is 0.544. The first-order valence-corrected chi connectivity index (χ1v) is 7.41. The third-order valence-electron chi connectivity index (χ3n) is 2.66. The van der Waals surface area contributed by atoms with Gasteiger partial charge in [-0.3, -0.25) is 9.31 Å². The Morgan fingerprint density at radius 1 is 1.32 bits per heavy atom. The third kappa shape index (κ3) is 3.71. The molecular formula is C13H17N3O2S. The van der Waals surface area contributed by atoms with E-state index in [4.69, 9.17) is 4.74 Å². The fourth-order valence-corrected chi connectivity index (χ4v) is 2.65. The number of benzene rings is 1. The van der Waals surface area contributed by atoms with Crippen LogP contribution in [-0.2, 0) is 34.3 Å². The lowest BCUT2D eigenvalue weighted by molar-refractivity contribution is 0.185. The standard InChI is InChI=1S/C13H17N3O2S/c1-3-12-14-13(16-15-12)9-19(17)11-6-4-10(5-7-11)8-18-2/h4-7H,3,8-9H2,1-2H3,(H,14,15,16)/t19-/m1/s1. The number of aromatic nitrogens is 3. The van der Waals surface area contributed by atoms with Crippen molar-refractivity contribution in [2.45, 2.75) is 30.6 Å². The Kier molecular flexibility index (Phi) is 4.81. The second kappa shape index (κ2) is 6.58. The molecule has 0 radical (unpaired) electrons. The molecule has 1 aromatic heterocycles. The van der Waals surface area contributed by atoms with Crippen molar-refractivity contribution in [2.75, 3.05) is 7.11 Å². The van der Waals surface area contributed by atoms with Crippen LogP contribution in [0.25, 0.3) is 0 Å². The highest BCUT2D eigenvalue weighted by molar-refractivity contribution is 7.84. The van der Waals surface area contributed by atoms with E-state index in [0.717, 1.165) is 22.7 Å². The van der Waals surface area contributed by atoms with Crippen molar-refractivity contribution in [3.8, 4) is 0 Å². The van der Waals surface area contributed by atoms with Crippen molar-refractivity contribution >= 4 is 10.8 Å². The molecule has 0 fully saturated rings. The summed E-state index contributed by atoms with van der Waals surface area (Å²) in [6.45, 7) is 2.55. The molecule has 0 aliphatic heterocycles. The van der Waals surface area contributed by atoms with Crippen LogP contribution >= 0.6 is 0 Å². The highest BCUT2D eigenvalue weighted by atomic mass is 32.2. The molecule has 1 heterocycles. The first-order chi connectivity index (χ1) is 9.22. The Morgan fingerprint density at radius 2 is 2.05 bits per heavy atom. The van der Waals surface area contributed by atoms with Gasteiger partial charge < -0.3 is 4.74 Å². The molecule has 1 aromatic carbocycles. The van der Waals surface area contributed by atoms with Gasteiger partial charge in [-0.1, -0.05) is 19.1 Å². The fourth-order valence-electron chi connectivity index (χ4n) is 1.67. The van der Waals surface area contributed by atoms with Gasteiger partial charge in [0.2, 0.25) is 0 Å². The van der Waals surface area contributed by atoms with Crippen molar-refractivity contribution < 1.29 is 8.95 Å². The van der Waals surface area contributed by atoms with Crippen LogP contribution in [0.3, 0.4) is 0 Å². The van der Waals surface area contributed by atoms with Crippen LogP contribution in [0.15, 0.2) is 29.2 Å². The molecule has 0 unspecified atom stereocenters. The average molecular weight is 279 g/mol. The van der Waals surface area contributed by atoms with Crippen molar-refractivity contribution in [1.82, 2.24) is 15.2 Å². The number of ether oxygens (including phenoxy) is 1. The van der Waals surface area contributed by atoms with Crippen LogP contribution in [-0.4, -0.2) is 26.5 Å². The fraction of sp³-hybridized carbons (Fsp3) is 0.385. The molecule has 102 valence electrons. The summed E-state index contributed by atoms with van der Waals surface area (Å²) in [6.07, 6.45) is 0.773. The Morgan fingerprint density at radius 3 is 2.63 bits per heavy atom. The number of methoxy groups -OCH3 is 1. The van der Waals surface area contributed by atoms with Gasteiger partial charge in [0.05, 0.1) is 23.2 Å². The lowest BCUT2D eigenvalue weighted by Crippen LogP contribution is -1.99. The first kappa shape index (κ1) is 13.9. The Labute approximate surface area is 114 Å². The van der Waals surface area contributed by atoms with Crippen LogP contribution in [0, 0.1) is 0 Å². The van der Waals surface area contributed by atoms with Gasteiger partial charge >= 0.3 is 0 Å². The average Bonchev–Trinajstić information content (AvgIpc) is 2.87. The molecule has 19 heavy (non-hydrogen) atoms. The molecule has 1 N–H and O–H groups in total. The lowest BCUT2D eigenvalue weighted by Gasteiger charge is -2.02. The maximum Gasteiger partial charge on any atom is 0.150 e. The molecule has 0 amide bonds. The highest BCUT2D eigenvalue weighted by Crippen LogP contribution is 2.12. The van der Waals surface area contributed by atoms with Crippen LogP contribution in [0.1, 0.15) is 24.1 Å². The molecule has 6 heteroatoms. The Bertz CT molecular complexity index is 551. The quantitative estimate of drug-likeness (QED) is 0.876. The summed E-state index contributed by atoms with van der Waals surface area (Å²) in [5, 5.41) is 6.85. The van der Waals surface area contributed by atoms with E-state index in [2.05, 4.69) is 15.2 Å². The minimum atomic E-state index is -1.11. The molecule has 0 aliphatic rings. The minimum Gasteiger partial charge on any atom is -0.380 e. The Balaban J connectivity index is 2.02. The highest BCUT2D eigenvalue weighted by Gasteiger charge is 2.09. The predicted octanol–water partition coefficient (Wildman–Crippen LogP) is 1.82. The van der Waals surface area contributed by atoms with Crippen molar-refractivity contribution in [3.05, 3.63) is 41.5 Å². The van der Waals surface area contributed by atoms with Gasteiger partial charge in [0.25, 0.3) is 0 Å². The van der Waals surface area contributed by atoms with E-state index in [-0.39, 0.29) is 0 Å². The summed E-state index contributed by atoms with van der Waals surface area (Å²) in [5.41, 5.74) is 1.07. The number of nitrogens with one attached hydrogen (secondary N) is 1. The van der Waals surface area contributed by atoms with Gasteiger partial charge in [-0.15, -0.1) is 0 Å². The minimum absolute atomic E-state index is 0.358. The molecule has 0 saturated heterocycles. The molecule has 2 aromatic rings. The van der Waals surface area contributed by atoms with E-state index >= 15 is 0 Å². The van der Waals surface area contributed by atoms with Gasteiger partial charge in [0, 0.05) is 18.4 Å². The summed E-state index contributed by atoms with van der Waals surface area (Å²) in [5.74, 6) is 1.77. The predicted molar refractivity (Wildman–Crippen MR) is 73.0 cm³/mol. The van der Waals surface area contributed by atoms with Crippen LogP contribution < -0.4 is 0 Å². The van der Waals surface area contributed by atoms with Gasteiger partial charge in [-0.05, 0) is 17.7 Å². The number of rotatable bonds is 6. The van der Waals surface area contributed by atoms with Crippen LogP contribution in [0.2, 0.25) is 0 Å². The summed E-state index contributed by atoms with van der Waals surface area (Å²) in [4.78, 5) is 5.05. The lowest BCUT2D eigenvalue weighted by atomic mass is 10.2. The smallest absolute Gasteiger partial charge is 0.150 e. The molecule has 5 nitrogen and oxygen atoms in total. The maximum absolute atomic E-state index is 12.2. The van der Waals surface area contributed by atoms with E-state index in [1.165, 1.54) is 0 Å². The Hall–Kier alpha value is -1.53. The number of H-pyrrole nitrogens is 1. The van der Waals surface area contributed by atoms with E-state index in [0.29, 0.717) is 18.2 Å². The van der Waals surface area contributed by atoms with Crippen LogP contribution in [0.4, 0.5) is 0 Å². The normalized spacial score (nSPS) is 12.5. The largest absolute Gasteiger partial charge is 0.380 e. The summed E-state index contributed by atoms with van der Waals surface area (Å²) in [6, 6.07) is 7.58. The molecule has 0 saturated carbocycles. The summed E-state index contributed by atoms with van der Waals surface area (Å²) < 4.78 is 17.2. The van der Waals surface area contributed by atoms with Crippen molar-refractivity contribution in [3.63, 3.8) is 0 Å². The van der Waals surface area contributed by atoms with E-state index in [1.807, 2.05) is 31.2 Å². The van der Waals surface area contributed by atoms with E-state index in [1.54, 1.807) is 7.11 Å². The topological polar surface area (TPSA) is 67.9 Å². The van der Waals surface area contributed by atoms with Crippen LogP contribution in [0.5, 0.6) is 0 Å². The molecule has 1 atom stereocenters. The number of aromatic amines is 1. The van der Waals surface area contributed by atoms with Crippen molar-refractivity contribution in [1.29, 1.82) is 0 Å². The number of hydrogen-bond acceptors (Lipinski definition) is 4. The van der Waals surface area contributed by atoms with Gasteiger partial charge in [0.1, 0.15) is 11.6 Å².